The quantitative estimate of drug-likeness (QED) is 0.861. The van der Waals surface area contributed by atoms with Crippen molar-refractivity contribution in [1.29, 1.82) is 0 Å². The Bertz CT molecular complexity index is 758. The molecule has 1 saturated carbocycles. The van der Waals surface area contributed by atoms with Gasteiger partial charge in [0.05, 0.1) is 6.54 Å². The van der Waals surface area contributed by atoms with Gasteiger partial charge in [0.1, 0.15) is 10.3 Å². The van der Waals surface area contributed by atoms with Crippen molar-refractivity contribution in [1.82, 2.24) is 14.7 Å². The van der Waals surface area contributed by atoms with Crippen LogP contribution in [-0.2, 0) is 6.54 Å². The molecule has 3 rings (SSSR count). The summed E-state index contributed by atoms with van der Waals surface area (Å²) in [5.74, 6) is 0.439. The van der Waals surface area contributed by atoms with E-state index in [0.717, 1.165) is 17.4 Å². The summed E-state index contributed by atoms with van der Waals surface area (Å²) >= 11 is 3.17. The zero-order valence-electron chi connectivity index (χ0n) is 12.0. The standard InChI is InChI=1S/C14H17BrN4O3/c15-12-6-10(22-18-12)8-19-13(20)11(7-16-14(19)21)17-9-4-2-1-3-5-9/h6-7,9,17H,1-5,8H2,(H,16,21). The number of hydrogen-bond donors (Lipinski definition) is 2. The second-order valence-corrected chi connectivity index (χ2v) is 6.31. The first kappa shape index (κ1) is 15.1. The van der Waals surface area contributed by atoms with E-state index >= 15 is 0 Å². The molecule has 0 aromatic carbocycles. The van der Waals surface area contributed by atoms with Gasteiger partial charge in [-0.05, 0) is 28.8 Å². The second-order valence-electron chi connectivity index (χ2n) is 5.49. The van der Waals surface area contributed by atoms with Gasteiger partial charge in [0.15, 0.2) is 5.76 Å². The topological polar surface area (TPSA) is 92.9 Å². The van der Waals surface area contributed by atoms with E-state index in [2.05, 4.69) is 31.4 Å². The van der Waals surface area contributed by atoms with Gasteiger partial charge in [0.2, 0.25) is 0 Å². The molecule has 0 aliphatic heterocycles. The van der Waals surface area contributed by atoms with Gasteiger partial charge in [-0.25, -0.2) is 4.79 Å². The van der Waals surface area contributed by atoms with Gasteiger partial charge >= 0.3 is 5.69 Å². The molecule has 2 heterocycles. The summed E-state index contributed by atoms with van der Waals surface area (Å²) in [5, 5.41) is 6.94. The Balaban J connectivity index is 1.85. The summed E-state index contributed by atoms with van der Waals surface area (Å²) in [6, 6.07) is 1.92. The first-order chi connectivity index (χ1) is 10.6. The fourth-order valence-corrected chi connectivity index (χ4v) is 3.07. The van der Waals surface area contributed by atoms with Crippen LogP contribution in [0.4, 0.5) is 5.69 Å². The number of halogens is 1. The van der Waals surface area contributed by atoms with E-state index in [9.17, 15) is 9.59 Å². The predicted molar refractivity (Wildman–Crippen MR) is 85.1 cm³/mol. The molecule has 1 fully saturated rings. The number of hydrogen-bond acceptors (Lipinski definition) is 5. The van der Waals surface area contributed by atoms with Crippen molar-refractivity contribution in [3.8, 4) is 0 Å². The number of nitrogens with one attached hydrogen (secondary N) is 2. The SMILES string of the molecule is O=c1[nH]cc(NC2CCCCC2)c(=O)n1Cc1cc(Br)no1. The molecule has 0 unspecified atom stereocenters. The molecule has 7 nitrogen and oxygen atoms in total. The minimum atomic E-state index is -0.466. The summed E-state index contributed by atoms with van der Waals surface area (Å²) < 4.78 is 6.68. The van der Waals surface area contributed by atoms with Crippen LogP contribution in [0, 0.1) is 0 Å². The van der Waals surface area contributed by atoms with Gasteiger partial charge < -0.3 is 14.8 Å². The van der Waals surface area contributed by atoms with Crippen LogP contribution >= 0.6 is 15.9 Å². The first-order valence-electron chi connectivity index (χ1n) is 7.33. The molecule has 22 heavy (non-hydrogen) atoms. The van der Waals surface area contributed by atoms with Crippen LogP contribution in [0.25, 0.3) is 0 Å². The summed E-state index contributed by atoms with van der Waals surface area (Å²) in [6.07, 6.45) is 7.13. The Kier molecular flexibility index (Phi) is 4.47. The zero-order chi connectivity index (χ0) is 15.5. The van der Waals surface area contributed by atoms with Gasteiger partial charge in [0, 0.05) is 18.3 Å². The van der Waals surface area contributed by atoms with Gasteiger partial charge in [-0.2, -0.15) is 0 Å². The molecule has 1 aliphatic rings. The molecular weight excluding hydrogens is 352 g/mol. The Labute approximate surface area is 134 Å². The molecule has 0 saturated heterocycles. The van der Waals surface area contributed by atoms with Crippen molar-refractivity contribution in [2.75, 3.05) is 5.32 Å². The number of H-pyrrole nitrogens is 1. The number of anilines is 1. The van der Waals surface area contributed by atoms with Crippen molar-refractivity contribution in [3.63, 3.8) is 0 Å². The van der Waals surface area contributed by atoms with Gasteiger partial charge in [-0.3, -0.25) is 9.36 Å². The molecule has 118 valence electrons. The Hall–Kier alpha value is -1.83. The molecule has 0 amide bonds. The van der Waals surface area contributed by atoms with Crippen molar-refractivity contribution >= 4 is 21.6 Å². The molecule has 2 aromatic heterocycles. The maximum atomic E-state index is 12.5. The third kappa shape index (κ3) is 3.32. The highest BCUT2D eigenvalue weighted by molar-refractivity contribution is 9.10. The van der Waals surface area contributed by atoms with Crippen LogP contribution in [-0.4, -0.2) is 20.7 Å². The fourth-order valence-electron chi connectivity index (χ4n) is 2.74. The van der Waals surface area contributed by atoms with Gasteiger partial charge in [0.25, 0.3) is 5.56 Å². The molecule has 1 aliphatic carbocycles. The van der Waals surface area contributed by atoms with E-state index in [1.165, 1.54) is 25.5 Å². The number of rotatable bonds is 4. The van der Waals surface area contributed by atoms with Crippen LogP contribution in [0.3, 0.4) is 0 Å². The highest BCUT2D eigenvalue weighted by Crippen LogP contribution is 2.20. The number of nitrogens with zero attached hydrogens (tertiary/aromatic N) is 2. The predicted octanol–water partition coefficient (Wildman–Crippen LogP) is 2.08. The molecule has 2 N–H and O–H groups in total. The van der Waals surface area contributed by atoms with E-state index in [-0.39, 0.29) is 12.1 Å². The van der Waals surface area contributed by atoms with Crippen LogP contribution in [0.5, 0.6) is 0 Å². The molecule has 0 bridgehead atoms. The molecule has 0 spiro atoms. The monoisotopic (exact) mass is 368 g/mol. The average Bonchev–Trinajstić information content (AvgIpc) is 2.93. The third-order valence-corrected chi connectivity index (χ3v) is 4.24. The summed E-state index contributed by atoms with van der Waals surface area (Å²) in [6.45, 7) is 0.0486. The molecule has 0 radical (unpaired) electrons. The second kappa shape index (κ2) is 6.51. The van der Waals surface area contributed by atoms with Crippen molar-refractivity contribution < 1.29 is 4.52 Å². The number of aromatic nitrogens is 3. The Morgan fingerprint density at radius 1 is 1.36 bits per heavy atom. The first-order valence-corrected chi connectivity index (χ1v) is 8.13. The van der Waals surface area contributed by atoms with Crippen molar-refractivity contribution in [3.05, 3.63) is 43.5 Å². The molecular formula is C14H17BrN4O3. The zero-order valence-corrected chi connectivity index (χ0v) is 13.6. The highest BCUT2D eigenvalue weighted by atomic mass is 79.9. The lowest BCUT2D eigenvalue weighted by atomic mass is 9.95. The minimum absolute atomic E-state index is 0.0486. The lowest BCUT2D eigenvalue weighted by Crippen LogP contribution is -2.38. The largest absolute Gasteiger partial charge is 0.377 e. The number of aromatic amines is 1. The van der Waals surface area contributed by atoms with E-state index < -0.39 is 5.69 Å². The van der Waals surface area contributed by atoms with E-state index in [1.54, 1.807) is 6.07 Å². The molecule has 0 atom stereocenters. The Morgan fingerprint density at radius 2 is 2.14 bits per heavy atom. The smallest absolute Gasteiger partial charge is 0.328 e. The third-order valence-electron chi connectivity index (χ3n) is 3.87. The lowest BCUT2D eigenvalue weighted by Gasteiger charge is -2.23. The van der Waals surface area contributed by atoms with Crippen LogP contribution in [0.15, 0.2) is 31.0 Å². The molecule has 8 heteroatoms. The van der Waals surface area contributed by atoms with Gasteiger partial charge in [-0.15, -0.1) is 0 Å². The van der Waals surface area contributed by atoms with E-state index in [0.29, 0.717) is 22.1 Å². The maximum absolute atomic E-state index is 12.5. The van der Waals surface area contributed by atoms with Crippen molar-refractivity contribution in [2.24, 2.45) is 0 Å². The summed E-state index contributed by atoms with van der Waals surface area (Å²) in [5.41, 5.74) is -0.390. The van der Waals surface area contributed by atoms with E-state index in [1.807, 2.05) is 0 Å². The van der Waals surface area contributed by atoms with Crippen LogP contribution < -0.4 is 16.6 Å². The Morgan fingerprint density at radius 3 is 2.82 bits per heavy atom. The molecule has 2 aromatic rings. The van der Waals surface area contributed by atoms with Gasteiger partial charge in [-0.1, -0.05) is 24.4 Å². The normalized spacial score (nSPS) is 15.9. The minimum Gasteiger partial charge on any atom is -0.377 e. The summed E-state index contributed by atoms with van der Waals surface area (Å²) in [7, 11) is 0. The fraction of sp³-hybridized carbons (Fsp3) is 0.500. The summed E-state index contributed by atoms with van der Waals surface area (Å²) in [4.78, 5) is 27.0. The van der Waals surface area contributed by atoms with Crippen LogP contribution in [0.2, 0.25) is 0 Å². The van der Waals surface area contributed by atoms with Crippen molar-refractivity contribution in [2.45, 2.75) is 44.7 Å². The lowest BCUT2D eigenvalue weighted by molar-refractivity contribution is 0.370. The maximum Gasteiger partial charge on any atom is 0.328 e. The van der Waals surface area contributed by atoms with Crippen LogP contribution in [0.1, 0.15) is 37.9 Å². The highest BCUT2D eigenvalue weighted by Gasteiger charge is 2.16. The average molecular weight is 369 g/mol. The van der Waals surface area contributed by atoms with E-state index in [4.69, 9.17) is 4.52 Å².